The van der Waals surface area contributed by atoms with E-state index in [1.54, 1.807) is 0 Å². The Bertz CT molecular complexity index is 242. The molecule has 2 rings (SSSR count). The normalized spacial score (nSPS) is 36.2. The fraction of sp³-hybridized carbons (Fsp3) is 1.00. The van der Waals surface area contributed by atoms with E-state index in [0.717, 1.165) is 18.6 Å². The number of hydrogen-bond acceptors (Lipinski definition) is 3. The Morgan fingerprint density at radius 1 is 1.35 bits per heavy atom. The second-order valence-corrected chi connectivity index (χ2v) is 6.41. The van der Waals surface area contributed by atoms with Crippen molar-refractivity contribution in [3.8, 4) is 0 Å². The molecular weight excluding hydrogens is 212 g/mol. The lowest BCUT2D eigenvalue weighted by Crippen LogP contribution is -2.49. The van der Waals surface area contributed by atoms with Gasteiger partial charge in [0.05, 0.1) is 5.60 Å². The predicted octanol–water partition coefficient (Wildman–Crippen LogP) is 1.88. The average Bonchev–Trinajstić information content (AvgIpc) is 2.21. The zero-order valence-electron chi connectivity index (χ0n) is 11.7. The van der Waals surface area contributed by atoms with E-state index in [0.29, 0.717) is 0 Å². The van der Waals surface area contributed by atoms with Gasteiger partial charge in [-0.05, 0) is 58.7 Å². The molecule has 2 unspecified atom stereocenters. The van der Waals surface area contributed by atoms with Gasteiger partial charge in [0.25, 0.3) is 0 Å². The standard InChI is InChI=1S/C14H28N2O/c1-12-10-15-6-4-7-16(11-12)13-5-8-17-14(2,3)9-13/h12-13,15H,4-11H2,1-3H3. The monoisotopic (exact) mass is 240 g/mol. The summed E-state index contributed by atoms with van der Waals surface area (Å²) < 4.78 is 5.83. The minimum absolute atomic E-state index is 0.0762. The highest BCUT2D eigenvalue weighted by Gasteiger charge is 2.32. The summed E-state index contributed by atoms with van der Waals surface area (Å²) in [4.78, 5) is 2.72. The highest BCUT2D eigenvalue weighted by atomic mass is 16.5. The Morgan fingerprint density at radius 3 is 2.94 bits per heavy atom. The Hall–Kier alpha value is -0.120. The smallest absolute Gasteiger partial charge is 0.0641 e. The van der Waals surface area contributed by atoms with Gasteiger partial charge < -0.3 is 10.1 Å². The first-order valence-corrected chi connectivity index (χ1v) is 7.15. The van der Waals surface area contributed by atoms with Crippen molar-refractivity contribution in [3.63, 3.8) is 0 Å². The molecule has 2 atom stereocenters. The van der Waals surface area contributed by atoms with E-state index >= 15 is 0 Å². The first-order chi connectivity index (χ1) is 8.07. The Morgan fingerprint density at radius 2 is 2.18 bits per heavy atom. The summed E-state index contributed by atoms with van der Waals surface area (Å²) in [6.45, 7) is 12.6. The highest BCUT2D eigenvalue weighted by Crippen LogP contribution is 2.28. The van der Waals surface area contributed by atoms with Gasteiger partial charge in [-0.2, -0.15) is 0 Å². The molecule has 0 radical (unpaired) electrons. The van der Waals surface area contributed by atoms with E-state index in [1.165, 1.54) is 45.4 Å². The van der Waals surface area contributed by atoms with E-state index in [1.807, 2.05) is 0 Å². The van der Waals surface area contributed by atoms with Crippen molar-refractivity contribution in [2.45, 2.75) is 51.7 Å². The zero-order valence-corrected chi connectivity index (χ0v) is 11.7. The summed E-state index contributed by atoms with van der Waals surface area (Å²) in [5.74, 6) is 0.765. The summed E-state index contributed by atoms with van der Waals surface area (Å²) >= 11 is 0. The summed E-state index contributed by atoms with van der Waals surface area (Å²) in [5, 5.41) is 3.53. The van der Waals surface area contributed by atoms with Crippen molar-refractivity contribution in [1.29, 1.82) is 0 Å². The van der Waals surface area contributed by atoms with E-state index in [-0.39, 0.29) is 5.60 Å². The molecular formula is C14H28N2O. The van der Waals surface area contributed by atoms with Crippen molar-refractivity contribution in [3.05, 3.63) is 0 Å². The fourth-order valence-corrected chi connectivity index (χ4v) is 3.15. The molecule has 0 aromatic carbocycles. The van der Waals surface area contributed by atoms with Crippen LogP contribution in [0, 0.1) is 5.92 Å². The van der Waals surface area contributed by atoms with Gasteiger partial charge in [-0.15, -0.1) is 0 Å². The van der Waals surface area contributed by atoms with Crippen LogP contribution in [0.2, 0.25) is 0 Å². The minimum Gasteiger partial charge on any atom is -0.375 e. The minimum atomic E-state index is 0.0762. The third-order valence-electron chi connectivity index (χ3n) is 4.03. The maximum atomic E-state index is 5.83. The molecule has 2 fully saturated rings. The van der Waals surface area contributed by atoms with E-state index < -0.39 is 0 Å². The molecule has 0 amide bonds. The molecule has 2 aliphatic rings. The molecule has 0 saturated carbocycles. The Kier molecular flexibility index (Phi) is 4.45. The van der Waals surface area contributed by atoms with Crippen LogP contribution < -0.4 is 5.32 Å². The lowest BCUT2D eigenvalue weighted by atomic mass is 9.92. The topological polar surface area (TPSA) is 24.5 Å². The van der Waals surface area contributed by atoms with Crippen LogP contribution in [0.15, 0.2) is 0 Å². The van der Waals surface area contributed by atoms with Crippen LogP contribution in [-0.4, -0.2) is 49.3 Å². The molecule has 0 aromatic heterocycles. The predicted molar refractivity (Wildman–Crippen MR) is 71.3 cm³/mol. The summed E-state index contributed by atoms with van der Waals surface area (Å²) in [6.07, 6.45) is 3.68. The molecule has 0 bridgehead atoms. The van der Waals surface area contributed by atoms with Gasteiger partial charge in [0.1, 0.15) is 0 Å². The van der Waals surface area contributed by atoms with Gasteiger partial charge in [-0.25, -0.2) is 0 Å². The van der Waals surface area contributed by atoms with Crippen molar-refractivity contribution >= 4 is 0 Å². The second kappa shape index (κ2) is 5.68. The quantitative estimate of drug-likeness (QED) is 0.757. The molecule has 17 heavy (non-hydrogen) atoms. The molecule has 1 N–H and O–H groups in total. The first-order valence-electron chi connectivity index (χ1n) is 7.15. The second-order valence-electron chi connectivity index (χ2n) is 6.41. The Labute approximate surface area is 106 Å². The highest BCUT2D eigenvalue weighted by molar-refractivity contribution is 4.86. The zero-order chi connectivity index (χ0) is 12.3. The van der Waals surface area contributed by atoms with Crippen LogP contribution in [0.25, 0.3) is 0 Å². The molecule has 2 saturated heterocycles. The van der Waals surface area contributed by atoms with Gasteiger partial charge >= 0.3 is 0 Å². The largest absolute Gasteiger partial charge is 0.375 e. The molecule has 0 aliphatic carbocycles. The lowest BCUT2D eigenvalue weighted by molar-refractivity contribution is -0.0852. The van der Waals surface area contributed by atoms with Gasteiger partial charge in [-0.3, -0.25) is 4.90 Å². The lowest BCUT2D eigenvalue weighted by Gasteiger charge is -2.42. The first kappa shape index (κ1) is 13.3. The average molecular weight is 240 g/mol. The number of ether oxygens (including phenoxy) is 1. The molecule has 3 nitrogen and oxygen atoms in total. The van der Waals surface area contributed by atoms with Crippen molar-refractivity contribution in [2.24, 2.45) is 5.92 Å². The summed E-state index contributed by atoms with van der Waals surface area (Å²) in [5.41, 5.74) is 0.0762. The van der Waals surface area contributed by atoms with E-state index in [2.05, 4.69) is 31.0 Å². The maximum Gasteiger partial charge on any atom is 0.0641 e. The number of nitrogens with zero attached hydrogens (tertiary/aromatic N) is 1. The molecule has 2 aliphatic heterocycles. The number of rotatable bonds is 1. The van der Waals surface area contributed by atoms with Crippen LogP contribution >= 0.6 is 0 Å². The van der Waals surface area contributed by atoms with Crippen LogP contribution in [-0.2, 0) is 4.74 Å². The number of nitrogens with one attached hydrogen (secondary N) is 1. The molecule has 2 heterocycles. The molecule has 3 heteroatoms. The maximum absolute atomic E-state index is 5.83. The van der Waals surface area contributed by atoms with Gasteiger partial charge in [-0.1, -0.05) is 6.92 Å². The molecule has 0 spiro atoms. The van der Waals surface area contributed by atoms with Crippen LogP contribution in [0.5, 0.6) is 0 Å². The van der Waals surface area contributed by atoms with Crippen LogP contribution in [0.1, 0.15) is 40.0 Å². The van der Waals surface area contributed by atoms with E-state index in [4.69, 9.17) is 4.74 Å². The molecule has 100 valence electrons. The van der Waals surface area contributed by atoms with Crippen LogP contribution in [0.3, 0.4) is 0 Å². The SMILES string of the molecule is CC1CNCCCN(C2CCOC(C)(C)C2)C1. The van der Waals surface area contributed by atoms with Gasteiger partial charge in [0, 0.05) is 19.2 Å². The Balaban J connectivity index is 1.93. The third kappa shape index (κ3) is 3.94. The third-order valence-corrected chi connectivity index (χ3v) is 4.03. The molecule has 0 aromatic rings. The van der Waals surface area contributed by atoms with Gasteiger partial charge in [0.15, 0.2) is 0 Å². The summed E-state index contributed by atoms with van der Waals surface area (Å²) in [7, 11) is 0. The van der Waals surface area contributed by atoms with Crippen molar-refractivity contribution < 1.29 is 4.74 Å². The van der Waals surface area contributed by atoms with Crippen molar-refractivity contribution in [2.75, 3.05) is 32.8 Å². The van der Waals surface area contributed by atoms with Gasteiger partial charge in [0.2, 0.25) is 0 Å². The number of hydrogen-bond donors (Lipinski definition) is 1. The van der Waals surface area contributed by atoms with E-state index in [9.17, 15) is 0 Å². The fourth-order valence-electron chi connectivity index (χ4n) is 3.15. The van der Waals surface area contributed by atoms with Crippen molar-refractivity contribution in [1.82, 2.24) is 10.2 Å². The van der Waals surface area contributed by atoms with Crippen LogP contribution in [0.4, 0.5) is 0 Å². The summed E-state index contributed by atoms with van der Waals surface area (Å²) in [6, 6.07) is 0.735.